The molecule has 1 aliphatic heterocycles. The molecule has 6 heteroatoms. The van der Waals surface area contributed by atoms with E-state index in [0.29, 0.717) is 35.7 Å². The van der Waals surface area contributed by atoms with Crippen LogP contribution in [0.5, 0.6) is 0 Å². The number of hydrogen-bond donors (Lipinski definition) is 0. The molecule has 232 valence electrons. The Morgan fingerprint density at radius 3 is 2.70 bits per heavy atom. The summed E-state index contributed by atoms with van der Waals surface area (Å²) in [6.45, 7) is 10.0. The number of azide groups is 1. The SMILES string of the molecule is CC1=C2C[C@H]3[C@@H](CC[C@@H]4CC(N=[N+]=[N-])CC[C@@]43C)[C@@H]2CC[C@@]2(C1)O[C@@H]1C[C@H](C)CC(C(=O)OCc3ccccc3)[C@H]1[C@H]2C. The molecule has 2 unspecified atom stereocenters. The molecule has 1 aromatic rings. The Morgan fingerprint density at radius 1 is 1.09 bits per heavy atom. The van der Waals surface area contributed by atoms with Gasteiger partial charge in [-0.05, 0) is 130 Å². The van der Waals surface area contributed by atoms with Gasteiger partial charge in [-0.2, -0.15) is 0 Å². The Balaban J connectivity index is 1.10. The molecular weight excluding hydrogens is 534 g/mol. The maximum atomic E-state index is 13.6. The zero-order valence-electron chi connectivity index (χ0n) is 26.7. The van der Waals surface area contributed by atoms with Gasteiger partial charge in [-0.15, -0.1) is 0 Å². The molecule has 5 fully saturated rings. The summed E-state index contributed by atoms with van der Waals surface area (Å²) in [7, 11) is 0. The maximum absolute atomic E-state index is 13.6. The van der Waals surface area contributed by atoms with Gasteiger partial charge in [0.1, 0.15) is 6.61 Å². The molecule has 1 heterocycles. The van der Waals surface area contributed by atoms with Crippen LogP contribution >= 0.6 is 0 Å². The van der Waals surface area contributed by atoms with Gasteiger partial charge >= 0.3 is 5.97 Å². The molecule has 1 spiro atoms. The summed E-state index contributed by atoms with van der Waals surface area (Å²) in [6.07, 6.45) is 12.6. The number of carbonyl (C=O) groups excluding carboxylic acids is 1. The van der Waals surface area contributed by atoms with Crippen LogP contribution in [0.2, 0.25) is 0 Å². The van der Waals surface area contributed by atoms with Crippen molar-refractivity contribution in [2.45, 2.75) is 123 Å². The van der Waals surface area contributed by atoms with Crippen LogP contribution in [0.15, 0.2) is 46.6 Å². The van der Waals surface area contributed by atoms with Crippen LogP contribution in [-0.2, 0) is 20.9 Å². The molecule has 0 radical (unpaired) electrons. The van der Waals surface area contributed by atoms with Gasteiger partial charge in [-0.25, -0.2) is 0 Å². The summed E-state index contributed by atoms with van der Waals surface area (Å²) >= 11 is 0. The molecule has 1 aromatic carbocycles. The Morgan fingerprint density at radius 2 is 1.91 bits per heavy atom. The highest BCUT2D eigenvalue weighted by Crippen LogP contribution is 2.66. The number of ether oxygens (including phenoxy) is 2. The molecule has 4 saturated carbocycles. The lowest BCUT2D eigenvalue weighted by atomic mass is 9.52. The lowest BCUT2D eigenvalue weighted by Crippen LogP contribution is -2.47. The predicted molar refractivity (Wildman–Crippen MR) is 168 cm³/mol. The van der Waals surface area contributed by atoms with Crippen molar-refractivity contribution >= 4 is 5.97 Å². The highest BCUT2D eigenvalue weighted by Gasteiger charge is 2.61. The average Bonchev–Trinajstić information content (AvgIpc) is 3.46. The number of fused-ring (bicyclic) bond motifs is 6. The smallest absolute Gasteiger partial charge is 0.309 e. The zero-order valence-corrected chi connectivity index (χ0v) is 26.7. The second-order valence-electron chi connectivity index (χ2n) is 15.9. The van der Waals surface area contributed by atoms with E-state index in [2.05, 4.69) is 37.7 Å². The van der Waals surface area contributed by atoms with Crippen molar-refractivity contribution < 1.29 is 14.3 Å². The molecule has 0 aromatic heterocycles. The first-order valence-corrected chi connectivity index (χ1v) is 17.3. The molecule has 0 N–H and O–H groups in total. The summed E-state index contributed by atoms with van der Waals surface area (Å²) < 4.78 is 13.2. The van der Waals surface area contributed by atoms with Gasteiger partial charge < -0.3 is 9.47 Å². The van der Waals surface area contributed by atoms with Crippen LogP contribution in [-0.4, -0.2) is 23.7 Å². The number of rotatable bonds is 4. The van der Waals surface area contributed by atoms with Gasteiger partial charge in [0.15, 0.2) is 0 Å². The minimum Gasteiger partial charge on any atom is -0.461 e. The Bertz CT molecular complexity index is 1310. The fraction of sp³-hybridized carbons (Fsp3) is 0.757. The van der Waals surface area contributed by atoms with Gasteiger partial charge in [0, 0.05) is 16.9 Å². The molecule has 6 nitrogen and oxygen atoms in total. The van der Waals surface area contributed by atoms with E-state index >= 15 is 0 Å². The monoisotopic (exact) mass is 585 g/mol. The molecule has 0 bridgehead atoms. The van der Waals surface area contributed by atoms with E-state index in [0.717, 1.165) is 55.9 Å². The molecule has 12 atom stereocenters. The lowest BCUT2D eigenvalue weighted by molar-refractivity contribution is -0.156. The Labute approximate surface area is 258 Å². The molecule has 5 aliphatic carbocycles. The number of benzene rings is 1. The van der Waals surface area contributed by atoms with Gasteiger partial charge in [0.05, 0.1) is 17.6 Å². The van der Waals surface area contributed by atoms with Crippen molar-refractivity contribution in [1.82, 2.24) is 0 Å². The summed E-state index contributed by atoms with van der Waals surface area (Å²) in [5.41, 5.74) is 13.6. The molecule has 6 aliphatic rings. The highest BCUT2D eigenvalue weighted by atomic mass is 16.5. The van der Waals surface area contributed by atoms with E-state index in [1.54, 1.807) is 11.1 Å². The summed E-state index contributed by atoms with van der Waals surface area (Å²) in [5, 5.41) is 4.14. The fourth-order valence-corrected chi connectivity index (χ4v) is 11.7. The number of esters is 1. The number of hydrogen-bond acceptors (Lipinski definition) is 4. The van der Waals surface area contributed by atoms with Crippen molar-refractivity contribution in [3.05, 3.63) is 57.5 Å². The zero-order chi connectivity index (χ0) is 29.9. The van der Waals surface area contributed by atoms with E-state index in [4.69, 9.17) is 15.0 Å². The number of nitrogens with zero attached hydrogens (tertiary/aromatic N) is 3. The standard InChI is InChI=1S/C37H51N3O3/c1-22-16-31(35(41)42-21-25-8-6-5-7-9-25)34-24(3)37(43-33(34)17-22)15-13-28-29-11-10-26-18-27(39-40-38)12-14-36(26,4)32(29)19-30(28)23(2)20-37/h5-9,22,24,26-29,31-34H,10-21H2,1-4H3/t22-,24-,26-,27?,28+,29+,31?,32+,33-,34-,36+,37+/m1/s1. The maximum Gasteiger partial charge on any atom is 0.309 e. The van der Waals surface area contributed by atoms with Gasteiger partial charge in [0.2, 0.25) is 0 Å². The summed E-state index contributed by atoms with van der Waals surface area (Å²) in [6, 6.07) is 10.3. The van der Waals surface area contributed by atoms with Crippen LogP contribution in [0, 0.1) is 52.8 Å². The van der Waals surface area contributed by atoms with Crippen molar-refractivity contribution in [3.8, 4) is 0 Å². The van der Waals surface area contributed by atoms with Crippen LogP contribution in [0.1, 0.15) is 104 Å². The van der Waals surface area contributed by atoms with Gasteiger partial charge in [-0.3, -0.25) is 4.79 Å². The molecule has 0 amide bonds. The summed E-state index contributed by atoms with van der Waals surface area (Å²) in [4.78, 5) is 16.8. The third-order valence-corrected chi connectivity index (χ3v) is 13.8. The third kappa shape index (κ3) is 4.96. The minimum atomic E-state index is -0.164. The molecule has 7 rings (SSSR count). The highest BCUT2D eigenvalue weighted by molar-refractivity contribution is 5.73. The Kier molecular flexibility index (Phi) is 7.70. The average molecular weight is 586 g/mol. The van der Waals surface area contributed by atoms with E-state index < -0.39 is 0 Å². The van der Waals surface area contributed by atoms with E-state index in [1.807, 2.05) is 30.3 Å². The summed E-state index contributed by atoms with van der Waals surface area (Å²) in [5.74, 6) is 3.85. The Hall–Kier alpha value is -2.30. The van der Waals surface area contributed by atoms with Crippen molar-refractivity contribution in [3.63, 3.8) is 0 Å². The second-order valence-corrected chi connectivity index (χ2v) is 15.9. The van der Waals surface area contributed by atoms with Crippen molar-refractivity contribution in [2.24, 2.45) is 57.9 Å². The number of allylic oxidation sites excluding steroid dienone is 1. The largest absolute Gasteiger partial charge is 0.461 e. The van der Waals surface area contributed by atoms with Crippen molar-refractivity contribution in [2.75, 3.05) is 0 Å². The van der Waals surface area contributed by atoms with E-state index in [9.17, 15) is 4.79 Å². The van der Waals surface area contributed by atoms with Crippen LogP contribution in [0.3, 0.4) is 0 Å². The normalized spacial score (nSPS) is 45.3. The fourth-order valence-electron chi connectivity index (χ4n) is 11.7. The van der Waals surface area contributed by atoms with Crippen LogP contribution < -0.4 is 0 Å². The van der Waals surface area contributed by atoms with Gasteiger partial charge in [-0.1, -0.05) is 67.4 Å². The predicted octanol–water partition coefficient (Wildman–Crippen LogP) is 9.20. The third-order valence-electron chi connectivity index (χ3n) is 13.8. The van der Waals surface area contributed by atoms with E-state index in [-0.39, 0.29) is 35.6 Å². The first-order chi connectivity index (χ1) is 20.7. The van der Waals surface area contributed by atoms with Crippen LogP contribution in [0.4, 0.5) is 0 Å². The topological polar surface area (TPSA) is 84.3 Å². The lowest BCUT2D eigenvalue weighted by Gasteiger charge is -2.53. The van der Waals surface area contributed by atoms with Crippen LogP contribution in [0.25, 0.3) is 10.4 Å². The van der Waals surface area contributed by atoms with E-state index in [1.165, 1.54) is 32.1 Å². The van der Waals surface area contributed by atoms with Crippen molar-refractivity contribution in [1.29, 1.82) is 0 Å². The number of carbonyl (C=O) groups is 1. The first kappa shape index (κ1) is 29.4. The minimum absolute atomic E-state index is 0.0264. The van der Waals surface area contributed by atoms with Gasteiger partial charge in [0.25, 0.3) is 0 Å². The molecule has 1 saturated heterocycles. The molecule has 43 heavy (non-hydrogen) atoms. The molecular formula is C37H51N3O3. The second kappa shape index (κ2) is 11.2. The first-order valence-electron chi connectivity index (χ1n) is 17.3. The quantitative estimate of drug-likeness (QED) is 0.116.